The van der Waals surface area contributed by atoms with Crippen molar-refractivity contribution in [1.29, 1.82) is 0 Å². The van der Waals surface area contributed by atoms with Gasteiger partial charge in [0.1, 0.15) is 0 Å². The predicted octanol–water partition coefficient (Wildman–Crippen LogP) is 1.63. The van der Waals surface area contributed by atoms with E-state index in [-0.39, 0.29) is 11.4 Å². The van der Waals surface area contributed by atoms with E-state index < -0.39 is 0 Å². The fourth-order valence-corrected chi connectivity index (χ4v) is 4.45. The fraction of sp³-hybridized carbons (Fsp3) is 0.900. The molecule has 0 saturated carbocycles. The van der Waals surface area contributed by atoms with E-state index in [9.17, 15) is 4.79 Å². The number of amides is 1. The van der Waals surface area contributed by atoms with Gasteiger partial charge in [-0.15, -0.1) is 5.10 Å². The molecule has 0 radical (unpaired) electrons. The van der Waals surface area contributed by atoms with Gasteiger partial charge in [0.25, 0.3) is 0 Å². The summed E-state index contributed by atoms with van der Waals surface area (Å²) in [6, 6.07) is 0. The smallest absolute Gasteiger partial charge is 0.219 e. The molecule has 28 heavy (non-hydrogen) atoms. The number of aromatic nitrogens is 4. The Morgan fingerprint density at radius 3 is 2.64 bits per heavy atom. The van der Waals surface area contributed by atoms with Crippen LogP contribution in [0.2, 0.25) is 0 Å². The Labute approximate surface area is 169 Å². The number of aryl methyl sites for hydroxylation is 1. The Kier molecular flexibility index (Phi) is 7.40. The molecule has 2 aliphatic rings. The van der Waals surface area contributed by atoms with E-state index in [1.807, 2.05) is 9.58 Å². The highest BCUT2D eigenvalue weighted by Crippen LogP contribution is 2.30. The molecule has 1 atom stereocenters. The van der Waals surface area contributed by atoms with Crippen molar-refractivity contribution in [2.45, 2.75) is 71.4 Å². The van der Waals surface area contributed by atoms with Gasteiger partial charge in [-0.1, -0.05) is 20.3 Å². The Hall–Kier alpha value is -1.54. The number of carbonyl (C=O) groups is 1. The average Bonchev–Trinajstić information content (AvgIpc) is 3.17. The summed E-state index contributed by atoms with van der Waals surface area (Å²) in [5.74, 6) is 1.61. The second kappa shape index (κ2) is 9.78. The van der Waals surface area contributed by atoms with Crippen LogP contribution in [-0.4, -0.2) is 75.2 Å². The van der Waals surface area contributed by atoms with Crippen molar-refractivity contribution in [3.8, 4) is 0 Å². The minimum atomic E-state index is -0.361. The molecule has 8 heteroatoms. The van der Waals surface area contributed by atoms with E-state index in [2.05, 4.69) is 39.6 Å². The van der Waals surface area contributed by atoms with Gasteiger partial charge in [-0.2, -0.15) is 0 Å². The van der Waals surface area contributed by atoms with Crippen LogP contribution in [0.25, 0.3) is 0 Å². The number of likely N-dealkylation sites (tertiary alicyclic amines) is 2. The number of carbonyl (C=O) groups excluding carboxylic acids is 1. The second-order valence-electron chi connectivity index (χ2n) is 8.86. The minimum Gasteiger partial charge on any atom is -0.341 e. The van der Waals surface area contributed by atoms with Crippen LogP contribution in [0.1, 0.15) is 65.1 Å². The summed E-state index contributed by atoms with van der Waals surface area (Å²) in [7, 11) is 0. The van der Waals surface area contributed by atoms with E-state index in [1.165, 1.54) is 32.4 Å². The first-order valence-corrected chi connectivity index (χ1v) is 11.0. The highest BCUT2D eigenvalue weighted by molar-refractivity contribution is 5.73. The van der Waals surface area contributed by atoms with Crippen molar-refractivity contribution in [3.63, 3.8) is 0 Å². The molecule has 1 amide bonds. The third kappa shape index (κ3) is 5.29. The third-order valence-corrected chi connectivity index (χ3v) is 6.16. The lowest BCUT2D eigenvalue weighted by Crippen LogP contribution is -2.58. The molecule has 2 aliphatic heterocycles. The molecule has 8 nitrogen and oxygen atoms in total. The second-order valence-corrected chi connectivity index (χ2v) is 8.86. The number of tetrazole rings is 1. The predicted molar refractivity (Wildman–Crippen MR) is 109 cm³/mol. The fourth-order valence-electron chi connectivity index (χ4n) is 4.45. The first-order valence-electron chi connectivity index (χ1n) is 11.0. The Morgan fingerprint density at radius 1 is 1.14 bits per heavy atom. The van der Waals surface area contributed by atoms with Gasteiger partial charge >= 0.3 is 0 Å². The van der Waals surface area contributed by atoms with Crippen molar-refractivity contribution in [2.24, 2.45) is 5.92 Å². The first kappa shape index (κ1) is 21.2. The number of nitrogens with one attached hydrogen (secondary N) is 1. The number of piperidine rings is 2. The third-order valence-electron chi connectivity index (χ3n) is 6.16. The molecular weight excluding hydrogens is 354 g/mol. The molecule has 0 aliphatic carbocycles. The molecule has 1 aromatic heterocycles. The van der Waals surface area contributed by atoms with E-state index in [1.54, 1.807) is 6.92 Å². The molecule has 3 rings (SSSR count). The van der Waals surface area contributed by atoms with Crippen molar-refractivity contribution in [3.05, 3.63) is 5.82 Å². The molecule has 1 unspecified atom stereocenters. The van der Waals surface area contributed by atoms with Crippen LogP contribution in [0.5, 0.6) is 0 Å². The maximum Gasteiger partial charge on any atom is 0.219 e. The van der Waals surface area contributed by atoms with Gasteiger partial charge in [0.2, 0.25) is 5.91 Å². The van der Waals surface area contributed by atoms with Gasteiger partial charge in [0.15, 0.2) is 5.82 Å². The summed E-state index contributed by atoms with van der Waals surface area (Å²) < 4.78 is 1.96. The zero-order valence-electron chi connectivity index (χ0n) is 17.9. The van der Waals surface area contributed by atoms with E-state index >= 15 is 0 Å². The molecule has 1 N–H and O–H groups in total. The van der Waals surface area contributed by atoms with Crippen molar-refractivity contribution in [1.82, 2.24) is 35.3 Å². The van der Waals surface area contributed by atoms with Crippen LogP contribution in [0.3, 0.4) is 0 Å². The number of rotatable bonds is 8. The Morgan fingerprint density at radius 2 is 1.93 bits per heavy atom. The monoisotopic (exact) mass is 391 g/mol. The molecule has 2 saturated heterocycles. The minimum absolute atomic E-state index is 0.128. The van der Waals surface area contributed by atoms with Gasteiger partial charge in [0, 0.05) is 39.6 Å². The van der Waals surface area contributed by atoms with E-state index in [0.717, 1.165) is 51.3 Å². The zero-order chi connectivity index (χ0) is 20.0. The van der Waals surface area contributed by atoms with Crippen molar-refractivity contribution >= 4 is 5.91 Å². The van der Waals surface area contributed by atoms with Crippen LogP contribution >= 0.6 is 0 Å². The van der Waals surface area contributed by atoms with Gasteiger partial charge in [-0.05, 0) is 61.5 Å². The molecule has 0 spiro atoms. The molecule has 2 fully saturated rings. The topological polar surface area (TPSA) is 79.2 Å². The lowest BCUT2D eigenvalue weighted by atomic mass is 9.87. The summed E-state index contributed by atoms with van der Waals surface area (Å²) in [5, 5.41) is 16.5. The van der Waals surface area contributed by atoms with Crippen LogP contribution in [0.4, 0.5) is 0 Å². The Bertz CT molecular complexity index is 626. The molecule has 0 bridgehead atoms. The number of hydrogen-bond acceptors (Lipinski definition) is 6. The maximum absolute atomic E-state index is 12.1. The summed E-state index contributed by atoms with van der Waals surface area (Å²) in [6.45, 7) is 12.7. The van der Waals surface area contributed by atoms with Gasteiger partial charge in [0.05, 0.1) is 5.54 Å². The highest BCUT2D eigenvalue weighted by Gasteiger charge is 2.42. The lowest BCUT2D eigenvalue weighted by molar-refractivity contribution is -0.131. The number of hydrogen-bond donors (Lipinski definition) is 1. The van der Waals surface area contributed by atoms with Gasteiger partial charge < -0.3 is 15.1 Å². The molecule has 1 aromatic rings. The summed E-state index contributed by atoms with van der Waals surface area (Å²) in [5.41, 5.74) is -0.361. The average molecular weight is 392 g/mol. The molecule has 0 aromatic carbocycles. The van der Waals surface area contributed by atoms with E-state index in [0.29, 0.717) is 12.5 Å². The first-order chi connectivity index (χ1) is 13.5. The van der Waals surface area contributed by atoms with Crippen LogP contribution in [0.15, 0.2) is 0 Å². The molecule has 158 valence electrons. The largest absolute Gasteiger partial charge is 0.341 e. The van der Waals surface area contributed by atoms with E-state index in [4.69, 9.17) is 0 Å². The molecular formula is C20H37N7O. The summed E-state index contributed by atoms with van der Waals surface area (Å²) in [4.78, 5) is 16.6. The lowest BCUT2D eigenvalue weighted by Gasteiger charge is -2.42. The normalized spacial score (nSPS) is 24.1. The van der Waals surface area contributed by atoms with Crippen molar-refractivity contribution < 1.29 is 4.79 Å². The standard InChI is InChI=1S/C20H37N7O/c1-17(2)8-14-27-19(22-23-24-27)20(9-7-13-26(16-20)18(3)28)21-10-15-25-11-5-4-6-12-25/h17,21H,4-16H2,1-3H3. The van der Waals surface area contributed by atoms with Crippen LogP contribution < -0.4 is 5.32 Å². The molecule has 3 heterocycles. The van der Waals surface area contributed by atoms with Gasteiger partial charge in [-0.3, -0.25) is 4.79 Å². The quantitative estimate of drug-likeness (QED) is 0.726. The van der Waals surface area contributed by atoms with Crippen LogP contribution in [-0.2, 0) is 16.9 Å². The number of nitrogens with zero attached hydrogens (tertiary/aromatic N) is 6. The Balaban J connectivity index is 1.74. The van der Waals surface area contributed by atoms with Crippen LogP contribution in [0, 0.1) is 5.92 Å². The maximum atomic E-state index is 12.1. The summed E-state index contributed by atoms with van der Waals surface area (Å²) in [6.07, 6.45) is 6.92. The SMILES string of the molecule is CC(=O)N1CCCC(NCCN2CCCCC2)(c2nnnn2CCC(C)C)C1. The zero-order valence-corrected chi connectivity index (χ0v) is 17.9. The van der Waals surface area contributed by atoms with Crippen molar-refractivity contribution in [2.75, 3.05) is 39.3 Å². The van der Waals surface area contributed by atoms with Gasteiger partial charge in [-0.25, -0.2) is 4.68 Å². The summed E-state index contributed by atoms with van der Waals surface area (Å²) >= 11 is 0. The highest BCUT2D eigenvalue weighted by atomic mass is 16.2.